The Morgan fingerprint density at radius 3 is 2.38 bits per heavy atom. The predicted octanol–water partition coefficient (Wildman–Crippen LogP) is 2.89. The van der Waals surface area contributed by atoms with E-state index >= 15 is 0 Å². The molecule has 1 fully saturated rings. The van der Waals surface area contributed by atoms with E-state index in [0.29, 0.717) is 6.42 Å². The number of hydrogen-bond donors (Lipinski definition) is 0. The molecule has 0 aromatic heterocycles. The number of hydrogen-bond acceptors (Lipinski definition) is 3. The minimum atomic E-state index is -3.52. The van der Waals surface area contributed by atoms with E-state index in [1.54, 1.807) is 24.3 Å². The van der Waals surface area contributed by atoms with Crippen molar-refractivity contribution in [2.75, 3.05) is 0 Å². The van der Waals surface area contributed by atoms with E-state index in [1.807, 2.05) is 37.3 Å². The lowest BCUT2D eigenvalue weighted by molar-refractivity contribution is 0.280. The first-order valence-corrected chi connectivity index (χ1v) is 8.33. The molecule has 1 heterocycles. The lowest BCUT2D eigenvalue weighted by Gasteiger charge is -2.03. The van der Waals surface area contributed by atoms with Gasteiger partial charge in [-0.15, -0.1) is 0 Å². The summed E-state index contributed by atoms with van der Waals surface area (Å²) in [5.74, 6) is 0. The monoisotopic (exact) mass is 303 g/mol. The van der Waals surface area contributed by atoms with Crippen molar-refractivity contribution in [3.8, 4) is 0 Å². The van der Waals surface area contributed by atoms with Gasteiger partial charge in [0, 0.05) is 0 Å². The Hall–Kier alpha value is -1.69. The molecule has 4 nitrogen and oxygen atoms in total. The molecule has 110 valence electrons. The van der Waals surface area contributed by atoms with Gasteiger partial charge in [-0.3, -0.25) is 4.84 Å². The zero-order chi connectivity index (χ0) is 14.9. The number of sulfonamides is 1. The summed E-state index contributed by atoms with van der Waals surface area (Å²) in [6.07, 6.45) is 1.11. The van der Waals surface area contributed by atoms with Gasteiger partial charge >= 0.3 is 0 Å². The molecule has 0 amide bonds. The van der Waals surface area contributed by atoms with Crippen LogP contribution in [-0.4, -0.2) is 19.1 Å². The highest BCUT2D eigenvalue weighted by Gasteiger charge is 2.46. The highest BCUT2D eigenvalue weighted by Crippen LogP contribution is 2.33. The zero-order valence-electron chi connectivity index (χ0n) is 11.8. The molecule has 1 aliphatic heterocycles. The first-order chi connectivity index (χ1) is 10.1. The molecular formula is C16H17NO3S. The van der Waals surface area contributed by atoms with Crippen LogP contribution < -0.4 is 0 Å². The second kappa shape index (κ2) is 5.60. The minimum Gasteiger partial charge on any atom is -0.259 e. The summed E-state index contributed by atoms with van der Waals surface area (Å²) >= 11 is 0. The molecule has 1 saturated heterocycles. The number of aryl methyl sites for hydroxylation is 2. The van der Waals surface area contributed by atoms with Crippen molar-refractivity contribution in [2.45, 2.75) is 30.9 Å². The Morgan fingerprint density at radius 1 is 1.05 bits per heavy atom. The fraction of sp³-hybridized carbons (Fsp3) is 0.250. The SMILES string of the molecule is Cc1ccc(S(=O)(=O)N2OC2CCc2ccccc2)cc1. The Kier molecular flexibility index (Phi) is 3.80. The van der Waals surface area contributed by atoms with Gasteiger partial charge in [0.1, 0.15) is 0 Å². The Morgan fingerprint density at radius 2 is 1.71 bits per heavy atom. The van der Waals surface area contributed by atoms with Gasteiger partial charge in [0.25, 0.3) is 10.0 Å². The molecule has 0 spiro atoms. The van der Waals surface area contributed by atoms with Crippen LogP contribution in [-0.2, 0) is 21.3 Å². The van der Waals surface area contributed by atoms with E-state index in [2.05, 4.69) is 0 Å². The van der Waals surface area contributed by atoms with E-state index in [1.165, 1.54) is 5.56 Å². The molecule has 0 N–H and O–H groups in total. The molecule has 2 aromatic carbocycles. The molecule has 5 heteroatoms. The molecule has 0 saturated carbocycles. The largest absolute Gasteiger partial charge is 0.267 e. The minimum absolute atomic E-state index is 0.273. The van der Waals surface area contributed by atoms with Gasteiger partial charge < -0.3 is 0 Å². The van der Waals surface area contributed by atoms with Gasteiger partial charge in [-0.25, -0.2) is 8.42 Å². The van der Waals surface area contributed by atoms with Gasteiger partial charge in [-0.05, 0) is 41.9 Å². The van der Waals surface area contributed by atoms with Gasteiger partial charge in [0.05, 0.1) is 4.90 Å². The lowest BCUT2D eigenvalue weighted by Crippen LogP contribution is -2.14. The van der Waals surface area contributed by atoms with Gasteiger partial charge in [0.2, 0.25) is 0 Å². The van der Waals surface area contributed by atoms with Crippen molar-refractivity contribution in [1.82, 2.24) is 4.47 Å². The summed E-state index contributed by atoms with van der Waals surface area (Å²) in [4.78, 5) is 5.51. The lowest BCUT2D eigenvalue weighted by atomic mass is 10.1. The van der Waals surface area contributed by atoms with Crippen molar-refractivity contribution in [2.24, 2.45) is 0 Å². The van der Waals surface area contributed by atoms with Crippen LogP contribution in [0, 0.1) is 6.92 Å². The topological polar surface area (TPSA) is 49.7 Å². The van der Waals surface area contributed by atoms with Crippen molar-refractivity contribution in [1.29, 1.82) is 0 Å². The molecule has 0 bridgehead atoms. The summed E-state index contributed by atoms with van der Waals surface area (Å²) in [5.41, 5.74) is 2.21. The second-order valence-electron chi connectivity index (χ2n) is 5.16. The third-order valence-electron chi connectivity index (χ3n) is 3.49. The van der Waals surface area contributed by atoms with E-state index < -0.39 is 10.0 Å². The van der Waals surface area contributed by atoms with E-state index in [9.17, 15) is 8.42 Å². The van der Waals surface area contributed by atoms with Crippen LogP contribution in [0.2, 0.25) is 0 Å². The zero-order valence-corrected chi connectivity index (χ0v) is 12.6. The van der Waals surface area contributed by atoms with Crippen LogP contribution in [0.25, 0.3) is 0 Å². The molecule has 3 rings (SSSR count). The summed E-state index contributed by atoms with van der Waals surface area (Å²) in [6.45, 7) is 1.92. The summed E-state index contributed by atoms with van der Waals surface area (Å²) in [6, 6.07) is 16.8. The maximum absolute atomic E-state index is 12.3. The Balaban J connectivity index is 1.63. The molecule has 21 heavy (non-hydrogen) atoms. The average molecular weight is 303 g/mol. The van der Waals surface area contributed by atoms with Crippen LogP contribution >= 0.6 is 0 Å². The molecule has 2 atom stereocenters. The smallest absolute Gasteiger partial charge is 0.259 e. The van der Waals surface area contributed by atoms with Crippen LogP contribution in [0.15, 0.2) is 59.5 Å². The highest BCUT2D eigenvalue weighted by atomic mass is 32.2. The average Bonchev–Trinajstić information content (AvgIpc) is 3.27. The fourth-order valence-electron chi connectivity index (χ4n) is 2.21. The van der Waals surface area contributed by atoms with Crippen molar-refractivity contribution in [3.05, 3.63) is 65.7 Å². The first-order valence-electron chi connectivity index (χ1n) is 6.89. The van der Waals surface area contributed by atoms with Crippen LogP contribution in [0.1, 0.15) is 17.5 Å². The van der Waals surface area contributed by atoms with E-state index in [0.717, 1.165) is 16.5 Å². The van der Waals surface area contributed by atoms with E-state index in [4.69, 9.17) is 4.84 Å². The predicted molar refractivity (Wildman–Crippen MR) is 79.8 cm³/mol. The van der Waals surface area contributed by atoms with E-state index in [-0.39, 0.29) is 11.1 Å². The number of benzene rings is 2. The number of rotatable bonds is 5. The Labute approximate surface area is 125 Å². The summed E-state index contributed by atoms with van der Waals surface area (Å²) in [5, 5.41) is 0. The fourth-order valence-corrected chi connectivity index (χ4v) is 3.53. The molecule has 2 aromatic rings. The molecule has 2 unspecified atom stereocenters. The van der Waals surface area contributed by atoms with Crippen LogP contribution in [0.5, 0.6) is 0 Å². The third-order valence-corrected chi connectivity index (χ3v) is 5.16. The summed E-state index contributed by atoms with van der Waals surface area (Å²) < 4.78 is 25.8. The van der Waals surface area contributed by atoms with Crippen molar-refractivity contribution < 1.29 is 13.3 Å². The first kappa shape index (κ1) is 14.3. The molecule has 0 radical (unpaired) electrons. The van der Waals surface area contributed by atoms with Gasteiger partial charge in [-0.2, -0.15) is 0 Å². The maximum Gasteiger partial charge on any atom is 0.267 e. The van der Waals surface area contributed by atoms with Crippen molar-refractivity contribution >= 4 is 10.0 Å². The normalized spacial score (nSPS) is 21.2. The molecule has 0 aliphatic carbocycles. The van der Waals surface area contributed by atoms with Crippen LogP contribution in [0.3, 0.4) is 0 Å². The quantitative estimate of drug-likeness (QED) is 0.798. The molecule has 1 aliphatic rings. The highest BCUT2D eigenvalue weighted by molar-refractivity contribution is 7.89. The third kappa shape index (κ3) is 3.15. The van der Waals surface area contributed by atoms with Gasteiger partial charge in [-0.1, -0.05) is 48.0 Å². The number of nitrogens with zero attached hydrogens (tertiary/aromatic N) is 1. The second-order valence-corrected chi connectivity index (χ2v) is 6.94. The van der Waals surface area contributed by atoms with Crippen molar-refractivity contribution in [3.63, 3.8) is 0 Å². The maximum atomic E-state index is 12.3. The number of hydroxylamine groups is 1. The summed E-state index contributed by atoms with van der Waals surface area (Å²) in [7, 11) is -3.52. The standard InChI is InChI=1S/C16H17NO3S/c1-13-7-10-15(11-8-13)21(18,19)17-16(20-17)12-9-14-5-3-2-4-6-14/h2-8,10-11,16H,9,12H2,1H3. The van der Waals surface area contributed by atoms with Gasteiger partial charge in [0.15, 0.2) is 6.23 Å². The van der Waals surface area contributed by atoms with Crippen LogP contribution in [0.4, 0.5) is 0 Å². The molecular weight excluding hydrogens is 286 g/mol. The Bertz CT molecular complexity index is 711.